The molecule has 2 rings (SSSR count). The van der Waals surface area contributed by atoms with Gasteiger partial charge < -0.3 is 4.90 Å². The second-order valence-corrected chi connectivity index (χ2v) is 5.11. The predicted octanol–water partition coefficient (Wildman–Crippen LogP) is -2.59. The molecule has 0 aromatic heterocycles. The lowest BCUT2D eigenvalue weighted by Crippen LogP contribution is -3.13. The van der Waals surface area contributed by atoms with Crippen LogP contribution in [0.1, 0.15) is 18.4 Å². The van der Waals surface area contributed by atoms with Gasteiger partial charge in [0.05, 0.1) is 19.1 Å². The van der Waals surface area contributed by atoms with Gasteiger partial charge in [0.15, 0.2) is 0 Å². The standard InChI is InChI=1S/C13H19N5O2/c14-13(16-18(19)20)15-12-6-8-17(9-7-12)10-11-4-2-1-3-5-11/h1-5,12H,6-10H2,(H3,14,15,16)/p+2. The fraction of sp³-hybridized carbons (Fsp3) is 0.462. The van der Waals surface area contributed by atoms with Crippen molar-refractivity contribution in [1.82, 2.24) is 5.43 Å². The summed E-state index contributed by atoms with van der Waals surface area (Å²) >= 11 is 0. The van der Waals surface area contributed by atoms with Crippen LogP contribution in [0.2, 0.25) is 0 Å². The summed E-state index contributed by atoms with van der Waals surface area (Å²) in [5.41, 5.74) is 8.79. The van der Waals surface area contributed by atoms with Gasteiger partial charge in [-0.15, -0.1) is 0 Å². The van der Waals surface area contributed by atoms with Crippen LogP contribution in [-0.4, -0.2) is 30.1 Å². The van der Waals surface area contributed by atoms with Crippen LogP contribution in [0.3, 0.4) is 0 Å². The molecule has 20 heavy (non-hydrogen) atoms. The maximum Gasteiger partial charge on any atom is 0.403 e. The molecule has 1 fully saturated rings. The smallest absolute Gasteiger partial charge is 0.331 e. The quantitative estimate of drug-likeness (QED) is 0.210. The van der Waals surface area contributed by atoms with Crippen LogP contribution in [0.5, 0.6) is 0 Å². The Morgan fingerprint density at radius 1 is 1.40 bits per heavy atom. The van der Waals surface area contributed by atoms with Gasteiger partial charge in [0.1, 0.15) is 6.54 Å². The van der Waals surface area contributed by atoms with Gasteiger partial charge in [-0.05, 0) is 0 Å². The summed E-state index contributed by atoms with van der Waals surface area (Å²) in [7, 11) is 0. The van der Waals surface area contributed by atoms with E-state index in [1.165, 1.54) is 10.5 Å². The summed E-state index contributed by atoms with van der Waals surface area (Å²) < 4.78 is 0. The van der Waals surface area contributed by atoms with E-state index in [9.17, 15) is 10.1 Å². The molecule has 1 saturated heterocycles. The Balaban J connectivity index is 1.79. The maximum absolute atomic E-state index is 10.3. The van der Waals surface area contributed by atoms with E-state index in [-0.39, 0.29) is 12.0 Å². The number of quaternary nitrogens is 1. The number of nitrogens with one attached hydrogen (secondary N) is 3. The molecular formula is C13H21N5O2+2. The van der Waals surface area contributed by atoms with Crippen LogP contribution < -0.4 is 21.1 Å². The molecule has 0 saturated carbocycles. The molecule has 0 spiro atoms. The molecule has 0 atom stereocenters. The Morgan fingerprint density at radius 3 is 2.65 bits per heavy atom. The fourth-order valence-electron chi connectivity index (χ4n) is 2.58. The molecule has 0 radical (unpaired) electrons. The second-order valence-electron chi connectivity index (χ2n) is 5.11. The molecule has 108 valence electrons. The SMILES string of the molecule is NC(N[N+](=O)[O-])=[NH+]C1CC[NH+](Cc2ccccc2)CC1. The third kappa shape index (κ3) is 4.51. The zero-order chi connectivity index (χ0) is 14.4. The van der Waals surface area contributed by atoms with Gasteiger partial charge in [-0.2, -0.15) is 0 Å². The lowest BCUT2D eigenvalue weighted by molar-refractivity contribution is -0.922. The third-order valence-corrected chi connectivity index (χ3v) is 3.56. The van der Waals surface area contributed by atoms with Crippen LogP contribution in [0.25, 0.3) is 0 Å². The summed E-state index contributed by atoms with van der Waals surface area (Å²) in [5.74, 6) is 0.0199. The van der Waals surface area contributed by atoms with Crippen molar-refractivity contribution >= 4 is 5.96 Å². The van der Waals surface area contributed by atoms with Crippen molar-refractivity contribution in [3.05, 3.63) is 46.0 Å². The first-order valence-electron chi connectivity index (χ1n) is 6.81. The topological polar surface area (TPSA) is 99.6 Å². The molecular weight excluding hydrogens is 258 g/mol. The van der Waals surface area contributed by atoms with Gasteiger partial charge in [0.2, 0.25) is 5.03 Å². The average molecular weight is 279 g/mol. The van der Waals surface area contributed by atoms with Crippen LogP contribution in [0, 0.1) is 10.1 Å². The number of hydrogen-bond donors (Lipinski definition) is 4. The number of nitrogens with zero attached hydrogens (tertiary/aromatic N) is 1. The van der Waals surface area contributed by atoms with Crippen molar-refractivity contribution in [3.8, 4) is 0 Å². The minimum atomic E-state index is -0.655. The molecule has 1 aliphatic heterocycles. The summed E-state index contributed by atoms with van der Waals surface area (Å²) in [6.07, 6.45) is 1.92. The van der Waals surface area contributed by atoms with E-state index in [4.69, 9.17) is 5.73 Å². The molecule has 0 aliphatic carbocycles. The van der Waals surface area contributed by atoms with Gasteiger partial charge >= 0.3 is 5.96 Å². The average Bonchev–Trinajstić information content (AvgIpc) is 2.41. The number of nitrogens with two attached hydrogens (primary N) is 1. The Bertz CT molecular complexity index is 469. The lowest BCUT2D eigenvalue weighted by Gasteiger charge is -2.26. The van der Waals surface area contributed by atoms with Gasteiger partial charge in [-0.25, -0.2) is 10.1 Å². The highest BCUT2D eigenvalue weighted by Gasteiger charge is 2.23. The fourth-order valence-corrected chi connectivity index (χ4v) is 2.58. The zero-order valence-electron chi connectivity index (χ0n) is 11.3. The number of guanidine groups is 1. The van der Waals surface area contributed by atoms with E-state index in [2.05, 4.69) is 29.3 Å². The molecule has 0 bridgehead atoms. The molecule has 0 amide bonds. The van der Waals surface area contributed by atoms with E-state index in [0.717, 1.165) is 32.5 Å². The van der Waals surface area contributed by atoms with Gasteiger partial charge in [0.25, 0.3) is 0 Å². The number of piperidine rings is 1. The van der Waals surface area contributed by atoms with Gasteiger partial charge in [0, 0.05) is 23.8 Å². The maximum atomic E-state index is 10.3. The molecule has 5 N–H and O–H groups in total. The first kappa shape index (κ1) is 14.3. The van der Waals surface area contributed by atoms with E-state index in [0.29, 0.717) is 0 Å². The number of nitro groups is 1. The van der Waals surface area contributed by atoms with Crippen molar-refractivity contribution in [2.75, 3.05) is 13.1 Å². The number of rotatable bonds is 4. The Hall–Kier alpha value is -2.15. The van der Waals surface area contributed by atoms with Gasteiger partial charge in [-0.1, -0.05) is 30.3 Å². The van der Waals surface area contributed by atoms with E-state index in [1.54, 1.807) is 0 Å². The minimum Gasteiger partial charge on any atom is -0.331 e. The summed E-state index contributed by atoms with van der Waals surface area (Å²) in [5, 5.41) is 9.60. The molecule has 1 aliphatic rings. The molecule has 1 aromatic rings. The zero-order valence-corrected chi connectivity index (χ0v) is 11.3. The Morgan fingerprint density at radius 2 is 2.05 bits per heavy atom. The highest BCUT2D eigenvalue weighted by Crippen LogP contribution is 1.98. The predicted molar refractivity (Wildman–Crippen MR) is 74.2 cm³/mol. The molecule has 1 aromatic carbocycles. The third-order valence-electron chi connectivity index (χ3n) is 3.56. The number of benzene rings is 1. The van der Waals surface area contributed by atoms with Crippen LogP contribution in [0.15, 0.2) is 30.3 Å². The Labute approximate surface area is 117 Å². The summed E-state index contributed by atoms with van der Waals surface area (Å²) in [6.45, 7) is 3.11. The first-order valence-corrected chi connectivity index (χ1v) is 6.81. The summed E-state index contributed by atoms with van der Waals surface area (Å²) in [6, 6.07) is 10.6. The van der Waals surface area contributed by atoms with Crippen molar-refractivity contribution in [2.24, 2.45) is 5.73 Å². The largest absolute Gasteiger partial charge is 0.403 e. The monoisotopic (exact) mass is 279 g/mol. The number of hydrazine groups is 1. The normalized spacial score (nSPS) is 23.3. The van der Waals surface area contributed by atoms with E-state index < -0.39 is 5.03 Å². The van der Waals surface area contributed by atoms with Crippen LogP contribution in [0.4, 0.5) is 0 Å². The van der Waals surface area contributed by atoms with E-state index in [1.807, 2.05) is 11.5 Å². The second kappa shape index (κ2) is 6.85. The Kier molecular flexibility index (Phi) is 4.89. The minimum absolute atomic E-state index is 0.0199. The van der Waals surface area contributed by atoms with Crippen molar-refractivity contribution in [1.29, 1.82) is 0 Å². The highest BCUT2D eigenvalue weighted by molar-refractivity contribution is 5.70. The molecule has 1 heterocycles. The highest BCUT2D eigenvalue weighted by atomic mass is 16.7. The number of likely N-dealkylation sites (tertiary alicyclic amines) is 1. The number of hydrogen-bond acceptors (Lipinski definition) is 2. The van der Waals surface area contributed by atoms with Crippen molar-refractivity contribution in [3.63, 3.8) is 0 Å². The molecule has 7 heteroatoms. The van der Waals surface area contributed by atoms with Crippen molar-refractivity contribution in [2.45, 2.75) is 25.4 Å². The van der Waals surface area contributed by atoms with Crippen LogP contribution in [-0.2, 0) is 6.54 Å². The van der Waals surface area contributed by atoms with Crippen LogP contribution >= 0.6 is 0 Å². The van der Waals surface area contributed by atoms with E-state index >= 15 is 0 Å². The molecule has 0 unspecified atom stereocenters. The van der Waals surface area contributed by atoms with Gasteiger partial charge in [-0.3, -0.25) is 10.7 Å². The summed E-state index contributed by atoms with van der Waals surface area (Å²) in [4.78, 5) is 14.8. The first-order chi connectivity index (χ1) is 9.63. The lowest BCUT2D eigenvalue weighted by atomic mass is 10.0. The molecule has 7 nitrogen and oxygen atoms in total. The van der Waals surface area contributed by atoms with Crippen molar-refractivity contribution < 1.29 is 14.9 Å².